The summed E-state index contributed by atoms with van der Waals surface area (Å²) in [4.78, 5) is 29.4. The summed E-state index contributed by atoms with van der Waals surface area (Å²) in [7, 11) is -4.28. The van der Waals surface area contributed by atoms with Crippen LogP contribution in [0.5, 0.6) is 0 Å². The van der Waals surface area contributed by atoms with E-state index in [0.29, 0.717) is 5.02 Å². The number of amides is 2. The molecule has 0 aliphatic rings. The molecule has 0 radical (unpaired) electrons. The van der Waals surface area contributed by atoms with Crippen LogP contribution in [0, 0.1) is 19.7 Å². The van der Waals surface area contributed by atoms with Crippen molar-refractivity contribution in [1.29, 1.82) is 0 Å². The van der Waals surface area contributed by atoms with Gasteiger partial charge >= 0.3 is 0 Å². The number of rotatable bonds is 12. The van der Waals surface area contributed by atoms with Crippen molar-refractivity contribution in [2.24, 2.45) is 0 Å². The third-order valence-corrected chi connectivity index (χ3v) is 9.50. The first kappa shape index (κ1) is 33.7. The van der Waals surface area contributed by atoms with Crippen LogP contribution in [0.15, 0.2) is 102 Å². The van der Waals surface area contributed by atoms with Crippen LogP contribution in [0.25, 0.3) is 0 Å². The van der Waals surface area contributed by atoms with Crippen LogP contribution in [0.2, 0.25) is 5.02 Å². The van der Waals surface area contributed by atoms with Crippen LogP contribution in [0.1, 0.15) is 36.1 Å². The van der Waals surface area contributed by atoms with Crippen molar-refractivity contribution in [2.75, 3.05) is 10.8 Å². The molecular weight excluding hydrogens is 613 g/mol. The molecule has 0 fully saturated rings. The van der Waals surface area contributed by atoms with Gasteiger partial charge in [0.25, 0.3) is 10.0 Å². The fraction of sp³-hybridized carbons (Fsp3) is 0.257. The number of sulfonamides is 1. The highest BCUT2D eigenvalue weighted by Gasteiger charge is 2.35. The number of hydrogen-bond donors (Lipinski definition) is 1. The Bertz CT molecular complexity index is 1750. The van der Waals surface area contributed by atoms with Crippen molar-refractivity contribution < 1.29 is 22.4 Å². The first-order valence-electron chi connectivity index (χ1n) is 14.6. The lowest BCUT2D eigenvalue weighted by Gasteiger charge is -2.34. The van der Waals surface area contributed by atoms with Gasteiger partial charge in [-0.1, -0.05) is 66.2 Å². The number of hydrogen-bond acceptors (Lipinski definition) is 4. The summed E-state index contributed by atoms with van der Waals surface area (Å²) in [6, 6.07) is 24.7. The lowest BCUT2D eigenvalue weighted by Crippen LogP contribution is -2.54. The number of aryl methyl sites for hydroxylation is 2. The minimum atomic E-state index is -4.28. The number of carbonyl (C=O) groups is 2. The highest BCUT2D eigenvalue weighted by Crippen LogP contribution is 2.28. The van der Waals surface area contributed by atoms with Crippen LogP contribution in [-0.2, 0) is 32.6 Å². The average molecular weight is 650 g/mol. The predicted octanol–water partition coefficient (Wildman–Crippen LogP) is 6.46. The summed E-state index contributed by atoms with van der Waals surface area (Å²) in [6.07, 6.45) is 0.132. The Labute approximate surface area is 269 Å². The van der Waals surface area contributed by atoms with Gasteiger partial charge in [0.05, 0.1) is 10.6 Å². The van der Waals surface area contributed by atoms with E-state index in [9.17, 15) is 18.0 Å². The van der Waals surface area contributed by atoms with E-state index in [1.807, 2.05) is 44.2 Å². The molecule has 7 nitrogen and oxygen atoms in total. The smallest absolute Gasteiger partial charge is 0.264 e. The number of benzene rings is 4. The van der Waals surface area contributed by atoms with Crippen LogP contribution in [0.3, 0.4) is 0 Å². The lowest BCUT2D eigenvalue weighted by atomic mass is 10.0. The molecule has 4 aromatic rings. The van der Waals surface area contributed by atoms with Crippen molar-refractivity contribution in [3.8, 4) is 0 Å². The Kier molecular flexibility index (Phi) is 11.0. The zero-order valence-electron chi connectivity index (χ0n) is 25.7. The van der Waals surface area contributed by atoms with E-state index in [-0.39, 0.29) is 35.2 Å². The summed E-state index contributed by atoms with van der Waals surface area (Å²) in [6.45, 7) is 6.48. The van der Waals surface area contributed by atoms with Crippen molar-refractivity contribution in [3.63, 3.8) is 0 Å². The predicted molar refractivity (Wildman–Crippen MR) is 176 cm³/mol. The topological polar surface area (TPSA) is 86.8 Å². The molecule has 0 aliphatic carbocycles. The summed E-state index contributed by atoms with van der Waals surface area (Å²) < 4.78 is 44.3. The van der Waals surface area contributed by atoms with E-state index in [0.717, 1.165) is 21.0 Å². The Hall–Kier alpha value is -4.21. The standard InChI is InChI=1S/C35H37ClFN3O4S/c1-24(2)38-35(42)33(21-27-10-6-5-7-11-27)39(22-28-12-8-9-13-32(28)37)34(41)23-40(30-17-14-25(3)26(4)20-30)45(43,44)31-18-15-29(36)16-19-31/h5-20,24,33H,21-23H2,1-4H3,(H,38,42)/t33-/m1/s1. The van der Waals surface area contributed by atoms with Crippen molar-refractivity contribution in [1.82, 2.24) is 10.2 Å². The molecule has 45 heavy (non-hydrogen) atoms. The Morgan fingerprint density at radius 2 is 1.51 bits per heavy atom. The molecule has 0 aromatic heterocycles. The number of carbonyl (C=O) groups excluding carboxylic acids is 2. The molecular formula is C35H37ClFN3O4S. The Balaban J connectivity index is 1.83. The van der Waals surface area contributed by atoms with Gasteiger partial charge in [0.1, 0.15) is 18.4 Å². The van der Waals surface area contributed by atoms with Gasteiger partial charge in [0.15, 0.2) is 0 Å². The second kappa shape index (κ2) is 14.7. The van der Waals surface area contributed by atoms with E-state index in [4.69, 9.17) is 11.6 Å². The first-order valence-corrected chi connectivity index (χ1v) is 16.4. The SMILES string of the molecule is Cc1ccc(N(CC(=O)N(Cc2ccccc2F)[C@H](Cc2ccccc2)C(=O)NC(C)C)S(=O)(=O)c2ccc(Cl)cc2)cc1C. The second-order valence-electron chi connectivity index (χ2n) is 11.2. The fourth-order valence-corrected chi connectivity index (χ4v) is 6.42. The van der Waals surface area contributed by atoms with Crippen molar-refractivity contribution in [3.05, 3.63) is 130 Å². The van der Waals surface area contributed by atoms with E-state index in [1.54, 1.807) is 44.2 Å². The molecule has 0 unspecified atom stereocenters. The van der Waals surface area contributed by atoms with Crippen LogP contribution < -0.4 is 9.62 Å². The van der Waals surface area contributed by atoms with Gasteiger partial charge in [-0.15, -0.1) is 0 Å². The second-order valence-corrected chi connectivity index (χ2v) is 13.5. The van der Waals surface area contributed by atoms with E-state index in [1.165, 1.54) is 41.3 Å². The summed E-state index contributed by atoms with van der Waals surface area (Å²) in [5.41, 5.74) is 3.03. The maximum Gasteiger partial charge on any atom is 0.264 e. The highest BCUT2D eigenvalue weighted by atomic mass is 35.5. The Morgan fingerprint density at radius 3 is 2.13 bits per heavy atom. The summed E-state index contributed by atoms with van der Waals surface area (Å²) in [5, 5.41) is 3.25. The molecule has 0 heterocycles. The molecule has 0 spiro atoms. The van der Waals surface area contributed by atoms with Gasteiger partial charge in [0, 0.05) is 29.6 Å². The van der Waals surface area contributed by atoms with E-state index in [2.05, 4.69) is 5.32 Å². The van der Waals surface area contributed by atoms with E-state index >= 15 is 4.39 Å². The molecule has 0 bridgehead atoms. The van der Waals surface area contributed by atoms with Gasteiger partial charge in [-0.3, -0.25) is 13.9 Å². The summed E-state index contributed by atoms with van der Waals surface area (Å²) in [5.74, 6) is -1.65. The average Bonchev–Trinajstić information content (AvgIpc) is 3.00. The maximum atomic E-state index is 15.0. The van der Waals surface area contributed by atoms with Gasteiger partial charge in [-0.05, 0) is 86.8 Å². The molecule has 4 rings (SSSR count). The largest absolute Gasteiger partial charge is 0.352 e. The number of anilines is 1. The molecule has 1 N–H and O–H groups in total. The zero-order chi connectivity index (χ0) is 32.7. The quantitative estimate of drug-likeness (QED) is 0.191. The van der Waals surface area contributed by atoms with Crippen LogP contribution >= 0.6 is 11.6 Å². The lowest BCUT2D eigenvalue weighted by molar-refractivity contribution is -0.140. The number of nitrogens with one attached hydrogen (secondary N) is 1. The maximum absolute atomic E-state index is 15.0. The molecule has 4 aromatic carbocycles. The van der Waals surface area contributed by atoms with E-state index < -0.39 is 40.2 Å². The Morgan fingerprint density at radius 1 is 0.867 bits per heavy atom. The molecule has 1 atom stereocenters. The third kappa shape index (κ3) is 8.49. The molecule has 10 heteroatoms. The number of nitrogens with zero attached hydrogens (tertiary/aromatic N) is 2. The van der Waals surface area contributed by atoms with Crippen LogP contribution in [-0.4, -0.2) is 43.8 Å². The van der Waals surface area contributed by atoms with Crippen molar-refractivity contribution in [2.45, 2.75) is 57.6 Å². The van der Waals surface area contributed by atoms with Crippen molar-refractivity contribution >= 4 is 39.1 Å². The normalized spacial score (nSPS) is 12.1. The van der Waals surface area contributed by atoms with Gasteiger partial charge in [0.2, 0.25) is 11.8 Å². The zero-order valence-corrected chi connectivity index (χ0v) is 27.3. The molecule has 0 saturated heterocycles. The summed E-state index contributed by atoms with van der Waals surface area (Å²) >= 11 is 6.04. The minimum absolute atomic E-state index is 0.0584. The van der Waals surface area contributed by atoms with Gasteiger partial charge in [-0.2, -0.15) is 0 Å². The minimum Gasteiger partial charge on any atom is -0.352 e. The molecule has 2 amide bonds. The third-order valence-electron chi connectivity index (χ3n) is 7.46. The van der Waals surface area contributed by atoms with Crippen LogP contribution in [0.4, 0.5) is 10.1 Å². The first-order chi connectivity index (χ1) is 21.4. The van der Waals surface area contributed by atoms with Gasteiger partial charge < -0.3 is 10.2 Å². The fourth-order valence-electron chi connectivity index (χ4n) is 4.89. The molecule has 236 valence electrons. The monoisotopic (exact) mass is 649 g/mol. The van der Waals surface area contributed by atoms with Gasteiger partial charge in [-0.25, -0.2) is 12.8 Å². The number of halogens is 2. The highest BCUT2D eigenvalue weighted by molar-refractivity contribution is 7.92. The molecule has 0 saturated carbocycles. The molecule has 0 aliphatic heterocycles.